The van der Waals surface area contributed by atoms with Gasteiger partial charge in [0.1, 0.15) is 5.82 Å². The molecule has 1 heterocycles. The molecule has 1 saturated heterocycles. The molecule has 1 N–H and O–H groups in total. The topological polar surface area (TPSA) is 73.0 Å². The first kappa shape index (κ1) is 25.2. The second kappa shape index (κ2) is 10.6. The lowest BCUT2D eigenvalue weighted by Crippen LogP contribution is -2.51. The van der Waals surface area contributed by atoms with E-state index in [4.69, 9.17) is 0 Å². The number of piperazine rings is 1. The Labute approximate surface area is 193 Å². The maximum atomic E-state index is 14.5. The van der Waals surface area contributed by atoms with Crippen LogP contribution in [0, 0.1) is 5.82 Å². The summed E-state index contributed by atoms with van der Waals surface area (Å²) in [6.07, 6.45) is -3.79. The van der Waals surface area contributed by atoms with E-state index < -0.39 is 24.4 Å². The van der Waals surface area contributed by atoms with Crippen molar-refractivity contribution in [2.24, 2.45) is 0 Å². The summed E-state index contributed by atoms with van der Waals surface area (Å²) in [5.41, 5.74) is 0.827. The molecule has 0 aliphatic carbocycles. The summed E-state index contributed by atoms with van der Waals surface area (Å²) in [6, 6.07) is 10.3. The Morgan fingerprint density at radius 2 is 1.74 bits per heavy atom. The van der Waals surface area contributed by atoms with E-state index in [0.717, 1.165) is 6.07 Å². The van der Waals surface area contributed by atoms with Crippen molar-refractivity contribution in [1.82, 2.24) is 15.1 Å². The lowest BCUT2D eigenvalue weighted by atomic mass is 10.1. The second-order valence-electron chi connectivity index (χ2n) is 7.83. The molecule has 0 bridgehead atoms. The molecule has 11 heteroatoms. The van der Waals surface area contributed by atoms with Crippen molar-refractivity contribution in [3.05, 3.63) is 65.0 Å². The Kier molecular flexibility index (Phi) is 7.87. The number of carbonyl (C=O) groups excluding carboxylic acids is 3. The average Bonchev–Trinajstić information content (AvgIpc) is 2.82. The molecule has 0 saturated carbocycles. The number of hydrogen-bond donors (Lipinski definition) is 1. The first-order chi connectivity index (χ1) is 16.1. The van der Waals surface area contributed by atoms with E-state index in [2.05, 4.69) is 5.32 Å². The van der Waals surface area contributed by atoms with Crippen LogP contribution in [-0.2, 0) is 11.3 Å². The average molecular weight is 480 g/mol. The van der Waals surface area contributed by atoms with Crippen LogP contribution in [0.25, 0.3) is 0 Å². The molecule has 0 radical (unpaired) electrons. The van der Waals surface area contributed by atoms with E-state index in [9.17, 15) is 31.9 Å². The summed E-state index contributed by atoms with van der Waals surface area (Å²) < 4.78 is 52.2. The number of carbonyl (C=O) groups is 3. The van der Waals surface area contributed by atoms with Gasteiger partial charge in [0.2, 0.25) is 6.41 Å². The highest BCUT2D eigenvalue weighted by molar-refractivity contribution is 6.01. The van der Waals surface area contributed by atoms with Crippen molar-refractivity contribution in [3.63, 3.8) is 0 Å². The van der Waals surface area contributed by atoms with Gasteiger partial charge in [0.15, 0.2) is 0 Å². The summed E-state index contributed by atoms with van der Waals surface area (Å²) in [5, 5.41) is 2.50. The van der Waals surface area contributed by atoms with Gasteiger partial charge in [0.05, 0.1) is 29.9 Å². The van der Waals surface area contributed by atoms with Crippen LogP contribution in [0.2, 0.25) is 0 Å². The Morgan fingerprint density at radius 3 is 2.35 bits per heavy atom. The molecule has 0 atom stereocenters. The van der Waals surface area contributed by atoms with Gasteiger partial charge in [-0.3, -0.25) is 19.3 Å². The zero-order valence-corrected chi connectivity index (χ0v) is 18.4. The predicted octanol–water partition coefficient (Wildman–Crippen LogP) is 2.67. The van der Waals surface area contributed by atoms with Crippen LogP contribution in [0.3, 0.4) is 0 Å². The zero-order chi connectivity index (χ0) is 24.9. The number of benzene rings is 2. The minimum absolute atomic E-state index is 0.0295. The van der Waals surface area contributed by atoms with E-state index in [0.29, 0.717) is 17.7 Å². The summed E-state index contributed by atoms with van der Waals surface area (Å²) in [5.74, 6) is -1.79. The number of para-hydroxylation sites is 1. The predicted molar refractivity (Wildman–Crippen MR) is 117 cm³/mol. The SMILES string of the molecule is CNC(=O)c1ccccc1N(C=O)Cc1ccc(F)c(C(=O)N2CCN(CC(F)(F)F)CC2)c1. The molecule has 3 rings (SSSR count). The highest BCUT2D eigenvalue weighted by Crippen LogP contribution is 2.23. The van der Waals surface area contributed by atoms with Gasteiger partial charge in [0.25, 0.3) is 11.8 Å². The number of amides is 3. The molecule has 182 valence electrons. The summed E-state index contributed by atoms with van der Waals surface area (Å²) in [7, 11) is 1.46. The van der Waals surface area contributed by atoms with Crippen LogP contribution in [0.4, 0.5) is 23.2 Å². The van der Waals surface area contributed by atoms with Crippen molar-refractivity contribution >= 4 is 23.9 Å². The Hall–Kier alpha value is -3.47. The van der Waals surface area contributed by atoms with Crippen LogP contribution in [0.5, 0.6) is 0 Å². The third-order valence-electron chi connectivity index (χ3n) is 5.49. The molecule has 0 spiro atoms. The number of nitrogens with zero attached hydrogens (tertiary/aromatic N) is 3. The maximum absolute atomic E-state index is 14.5. The fourth-order valence-corrected chi connectivity index (χ4v) is 3.79. The smallest absolute Gasteiger partial charge is 0.355 e. The first-order valence-corrected chi connectivity index (χ1v) is 10.5. The largest absolute Gasteiger partial charge is 0.401 e. The van der Waals surface area contributed by atoms with Gasteiger partial charge in [0, 0.05) is 33.2 Å². The lowest BCUT2D eigenvalue weighted by molar-refractivity contribution is -0.148. The molecule has 1 aliphatic rings. The molecular formula is C23H24F4N4O3. The van der Waals surface area contributed by atoms with Crippen LogP contribution in [-0.4, -0.2) is 74.0 Å². The Bertz CT molecular complexity index is 1050. The van der Waals surface area contributed by atoms with Gasteiger partial charge in [-0.05, 0) is 29.8 Å². The summed E-state index contributed by atoms with van der Waals surface area (Å²) in [4.78, 5) is 40.6. The van der Waals surface area contributed by atoms with Gasteiger partial charge in [-0.15, -0.1) is 0 Å². The monoisotopic (exact) mass is 480 g/mol. The fourth-order valence-electron chi connectivity index (χ4n) is 3.79. The molecule has 1 fully saturated rings. The molecule has 7 nitrogen and oxygen atoms in total. The van der Waals surface area contributed by atoms with E-state index in [1.807, 2.05) is 0 Å². The third kappa shape index (κ3) is 6.10. The zero-order valence-electron chi connectivity index (χ0n) is 18.4. The molecule has 2 aromatic carbocycles. The van der Waals surface area contributed by atoms with Crippen LogP contribution in [0.1, 0.15) is 26.3 Å². The quantitative estimate of drug-likeness (QED) is 0.489. The van der Waals surface area contributed by atoms with E-state index in [-0.39, 0.29) is 49.8 Å². The van der Waals surface area contributed by atoms with E-state index in [1.165, 1.54) is 33.9 Å². The van der Waals surface area contributed by atoms with Gasteiger partial charge in [-0.25, -0.2) is 4.39 Å². The van der Waals surface area contributed by atoms with Crippen molar-refractivity contribution in [2.75, 3.05) is 44.7 Å². The number of alkyl halides is 3. The molecule has 34 heavy (non-hydrogen) atoms. The number of nitrogens with one attached hydrogen (secondary N) is 1. The standard InChI is InChI=1S/C23H24F4N4O3/c1-28-21(33)17-4-2-3-5-20(17)31(15-32)13-16-6-7-19(24)18(12-16)22(34)30-10-8-29(9-11-30)14-23(25,26)27/h2-7,12,15H,8-11,13-14H2,1H3,(H,28,33). The maximum Gasteiger partial charge on any atom is 0.401 e. The van der Waals surface area contributed by atoms with Crippen LogP contribution < -0.4 is 10.2 Å². The molecular weight excluding hydrogens is 456 g/mol. The molecule has 3 amide bonds. The van der Waals surface area contributed by atoms with Crippen molar-refractivity contribution in [2.45, 2.75) is 12.7 Å². The number of anilines is 1. The number of halogens is 4. The summed E-state index contributed by atoms with van der Waals surface area (Å²) in [6.45, 7) is -0.948. The van der Waals surface area contributed by atoms with E-state index in [1.54, 1.807) is 24.3 Å². The highest BCUT2D eigenvalue weighted by Gasteiger charge is 2.33. The van der Waals surface area contributed by atoms with Gasteiger partial charge in [-0.2, -0.15) is 13.2 Å². The van der Waals surface area contributed by atoms with Crippen LogP contribution in [0.15, 0.2) is 42.5 Å². The number of hydrogen-bond acceptors (Lipinski definition) is 4. The van der Waals surface area contributed by atoms with Gasteiger partial charge >= 0.3 is 6.18 Å². The van der Waals surface area contributed by atoms with Crippen molar-refractivity contribution < 1.29 is 31.9 Å². The van der Waals surface area contributed by atoms with Crippen molar-refractivity contribution in [3.8, 4) is 0 Å². The highest BCUT2D eigenvalue weighted by atomic mass is 19.4. The van der Waals surface area contributed by atoms with Gasteiger partial charge in [-0.1, -0.05) is 18.2 Å². The first-order valence-electron chi connectivity index (χ1n) is 10.5. The normalized spacial score (nSPS) is 14.6. The molecule has 0 aromatic heterocycles. The van der Waals surface area contributed by atoms with Crippen LogP contribution >= 0.6 is 0 Å². The third-order valence-corrected chi connectivity index (χ3v) is 5.49. The molecule has 1 aliphatic heterocycles. The van der Waals surface area contributed by atoms with E-state index >= 15 is 0 Å². The molecule has 0 unspecified atom stereocenters. The lowest BCUT2D eigenvalue weighted by Gasteiger charge is -2.35. The fraction of sp³-hybridized carbons (Fsp3) is 0.348. The minimum atomic E-state index is -4.33. The Balaban J connectivity index is 1.76. The van der Waals surface area contributed by atoms with Crippen molar-refractivity contribution in [1.29, 1.82) is 0 Å². The molecule has 2 aromatic rings. The second-order valence-corrected chi connectivity index (χ2v) is 7.83. The van der Waals surface area contributed by atoms with Gasteiger partial charge < -0.3 is 15.1 Å². The Morgan fingerprint density at radius 1 is 1.06 bits per heavy atom. The minimum Gasteiger partial charge on any atom is -0.355 e. The number of rotatable bonds is 7. The summed E-state index contributed by atoms with van der Waals surface area (Å²) >= 11 is 0.